The van der Waals surface area contributed by atoms with Gasteiger partial charge in [-0.3, -0.25) is 0 Å². The van der Waals surface area contributed by atoms with Gasteiger partial charge in [-0.05, 0) is 25.2 Å². The van der Waals surface area contributed by atoms with E-state index in [1.54, 1.807) is 0 Å². The summed E-state index contributed by atoms with van der Waals surface area (Å²) < 4.78 is 5.46. The Labute approximate surface area is 79.4 Å². The second kappa shape index (κ2) is 3.55. The smallest absolute Gasteiger partial charge is 0.100 e. The molecule has 0 bridgehead atoms. The second-order valence-corrected chi connectivity index (χ2v) is 4.68. The van der Waals surface area contributed by atoms with E-state index in [0.717, 1.165) is 5.92 Å². The maximum atomic E-state index is 6.22. The molecule has 0 aromatic heterocycles. The van der Waals surface area contributed by atoms with E-state index < -0.39 is 0 Å². The van der Waals surface area contributed by atoms with Crippen LogP contribution < -0.4 is 0 Å². The SMILES string of the molecule is CCCC1CCC2OC2C(Cl)C1. The summed E-state index contributed by atoms with van der Waals surface area (Å²) in [5.41, 5.74) is 0. The minimum atomic E-state index is 0.300. The molecule has 1 saturated heterocycles. The van der Waals surface area contributed by atoms with Crippen molar-refractivity contribution < 1.29 is 4.74 Å². The fraction of sp³-hybridized carbons (Fsp3) is 1.00. The third-order valence-electron chi connectivity index (χ3n) is 3.09. The number of rotatable bonds is 2. The highest BCUT2D eigenvalue weighted by atomic mass is 35.5. The molecule has 1 heterocycles. The summed E-state index contributed by atoms with van der Waals surface area (Å²) in [6, 6.07) is 0. The topological polar surface area (TPSA) is 12.5 Å². The van der Waals surface area contributed by atoms with Crippen LogP contribution in [0, 0.1) is 5.92 Å². The molecule has 4 unspecified atom stereocenters. The minimum absolute atomic E-state index is 0.300. The molecule has 2 heteroatoms. The van der Waals surface area contributed by atoms with E-state index in [9.17, 15) is 0 Å². The Morgan fingerprint density at radius 3 is 3.00 bits per heavy atom. The molecule has 0 spiro atoms. The van der Waals surface area contributed by atoms with Crippen LogP contribution in [0.5, 0.6) is 0 Å². The molecule has 1 aliphatic heterocycles. The van der Waals surface area contributed by atoms with Crippen LogP contribution in [0.1, 0.15) is 39.0 Å². The number of fused-ring (bicyclic) bond motifs is 1. The van der Waals surface area contributed by atoms with Gasteiger partial charge in [-0.1, -0.05) is 19.8 Å². The van der Waals surface area contributed by atoms with E-state index in [0.29, 0.717) is 17.6 Å². The van der Waals surface area contributed by atoms with Crippen molar-refractivity contribution in [3.8, 4) is 0 Å². The number of ether oxygens (including phenoxy) is 1. The summed E-state index contributed by atoms with van der Waals surface area (Å²) in [4.78, 5) is 0. The Kier molecular flexibility index (Phi) is 2.61. The summed E-state index contributed by atoms with van der Waals surface area (Å²) in [5.74, 6) is 0.869. The predicted molar refractivity (Wildman–Crippen MR) is 50.6 cm³/mol. The van der Waals surface area contributed by atoms with E-state index in [1.165, 1.54) is 32.1 Å². The lowest BCUT2D eigenvalue weighted by atomic mass is 9.95. The van der Waals surface area contributed by atoms with Crippen molar-refractivity contribution in [2.24, 2.45) is 5.92 Å². The molecule has 1 aliphatic carbocycles. The third-order valence-corrected chi connectivity index (χ3v) is 3.52. The number of halogens is 1. The fourth-order valence-corrected chi connectivity index (χ4v) is 2.82. The van der Waals surface area contributed by atoms with E-state index >= 15 is 0 Å². The van der Waals surface area contributed by atoms with Gasteiger partial charge >= 0.3 is 0 Å². The maximum Gasteiger partial charge on any atom is 0.100 e. The zero-order valence-electron chi connectivity index (χ0n) is 7.63. The van der Waals surface area contributed by atoms with Crippen LogP contribution in [0.25, 0.3) is 0 Å². The molecule has 4 atom stereocenters. The van der Waals surface area contributed by atoms with Gasteiger partial charge in [0, 0.05) is 0 Å². The molecule has 2 aliphatic rings. The predicted octanol–water partition coefficient (Wildman–Crippen LogP) is 2.96. The third kappa shape index (κ3) is 1.77. The summed E-state index contributed by atoms with van der Waals surface area (Å²) in [5, 5.41) is 0.300. The minimum Gasteiger partial charge on any atom is -0.368 e. The Balaban J connectivity index is 1.86. The van der Waals surface area contributed by atoms with Gasteiger partial charge in [0.15, 0.2) is 0 Å². The molecule has 0 aromatic rings. The first-order valence-electron chi connectivity index (χ1n) is 5.10. The lowest BCUT2D eigenvalue weighted by Gasteiger charge is -2.15. The van der Waals surface area contributed by atoms with Crippen molar-refractivity contribution in [2.45, 2.75) is 56.6 Å². The molecule has 0 radical (unpaired) electrons. The van der Waals surface area contributed by atoms with Crippen molar-refractivity contribution >= 4 is 11.6 Å². The zero-order chi connectivity index (χ0) is 8.55. The number of hydrogen-bond acceptors (Lipinski definition) is 1. The van der Waals surface area contributed by atoms with Gasteiger partial charge in [-0.2, -0.15) is 0 Å². The fourth-order valence-electron chi connectivity index (χ4n) is 2.35. The number of hydrogen-bond donors (Lipinski definition) is 0. The molecule has 2 rings (SSSR count). The molecular weight excluding hydrogens is 172 g/mol. The summed E-state index contributed by atoms with van der Waals surface area (Å²) in [6.07, 6.45) is 7.34. The summed E-state index contributed by atoms with van der Waals surface area (Å²) in [6.45, 7) is 2.26. The van der Waals surface area contributed by atoms with Gasteiger partial charge in [0.2, 0.25) is 0 Å². The first-order chi connectivity index (χ1) is 5.81. The highest BCUT2D eigenvalue weighted by Crippen LogP contribution is 2.41. The molecule has 70 valence electrons. The van der Waals surface area contributed by atoms with Gasteiger partial charge < -0.3 is 4.74 Å². The van der Waals surface area contributed by atoms with Crippen LogP contribution in [0.15, 0.2) is 0 Å². The highest BCUT2D eigenvalue weighted by molar-refractivity contribution is 6.21. The Morgan fingerprint density at radius 1 is 1.42 bits per heavy atom. The number of alkyl halides is 1. The van der Waals surface area contributed by atoms with Crippen molar-refractivity contribution in [1.82, 2.24) is 0 Å². The van der Waals surface area contributed by atoms with E-state index in [2.05, 4.69) is 6.92 Å². The van der Waals surface area contributed by atoms with Gasteiger partial charge in [-0.15, -0.1) is 11.6 Å². The van der Waals surface area contributed by atoms with E-state index in [-0.39, 0.29) is 0 Å². The van der Waals surface area contributed by atoms with E-state index in [4.69, 9.17) is 16.3 Å². The van der Waals surface area contributed by atoms with Gasteiger partial charge in [0.05, 0.1) is 11.5 Å². The maximum absolute atomic E-state index is 6.22. The highest BCUT2D eigenvalue weighted by Gasteiger charge is 2.46. The first-order valence-corrected chi connectivity index (χ1v) is 5.54. The average Bonchev–Trinajstić information content (AvgIpc) is 2.78. The lowest BCUT2D eigenvalue weighted by Crippen LogP contribution is -2.11. The van der Waals surface area contributed by atoms with Gasteiger partial charge in [-0.25, -0.2) is 0 Å². The summed E-state index contributed by atoms with van der Waals surface area (Å²) in [7, 11) is 0. The molecular formula is C10H17ClO. The molecule has 2 fully saturated rings. The van der Waals surface area contributed by atoms with Gasteiger partial charge in [0.1, 0.15) is 6.10 Å². The molecule has 12 heavy (non-hydrogen) atoms. The molecule has 1 nitrogen and oxygen atoms in total. The van der Waals surface area contributed by atoms with Crippen molar-refractivity contribution in [3.63, 3.8) is 0 Å². The lowest BCUT2D eigenvalue weighted by molar-refractivity contribution is 0.297. The molecule has 0 amide bonds. The van der Waals surface area contributed by atoms with Crippen LogP contribution in [-0.2, 0) is 4.74 Å². The van der Waals surface area contributed by atoms with Crippen molar-refractivity contribution in [3.05, 3.63) is 0 Å². The first kappa shape index (κ1) is 8.83. The largest absolute Gasteiger partial charge is 0.368 e. The monoisotopic (exact) mass is 188 g/mol. The number of epoxide rings is 1. The average molecular weight is 189 g/mol. The van der Waals surface area contributed by atoms with E-state index in [1.807, 2.05) is 0 Å². The Bertz CT molecular complexity index is 160. The quantitative estimate of drug-likeness (QED) is 0.480. The standard InChI is InChI=1S/C10H17ClO/c1-2-3-7-4-5-9-10(12-9)8(11)6-7/h7-10H,2-6H2,1H3. The van der Waals surface area contributed by atoms with Crippen LogP contribution in [0.3, 0.4) is 0 Å². The van der Waals surface area contributed by atoms with Crippen LogP contribution >= 0.6 is 11.6 Å². The van der Waals surface area contributed by atoms with Crippen molar-refractivity contribution in [1.29, 1.82) is 0 Å². The van der Waals surface area contributed by atoms with Crippen molar-refractivity contribution in [2.75, 3.05) is 0 Å². The second-order valence-electron chi connectivity index (χ2n) is 4.12. The van der Waals surface area contributed by atoms with Crippen LogP contribution in [0.4, 0.5) is 0 Å². The van der Waals surface area contributed by atoms with Crippen LogP contribution in [-0.4, -0.2) is 17.6 Å². The van der Waals surface area contributed by atoms with Gasteiger partial charge in [0.25, 0.3) is 0 Å². The normalized spacial score (nSPS) is 46.5. The molecule has 0 N–H and O–H groups in total. The Hall–Kier alpha value is 0.250. The Morgan fingerprint density at radius 2 is 2.25 bits per heavy atom. The zero-order valence-corrected chi connectivity index (χ0v) is 8.39. The molecule has 1 saturated carbocycles. The molecule has 0 aromatic carbocycles. The van der Waals surface area contributed by atoms with Crippen LogP contribution in [0.2, 0.25) is 0 Å². The summed E-state index contributed by atoms with van der Waals surface area (Å²) >= 11 is 6.22.